The molecule has 66 valence electrons. The van der Waals surface area contributed by atoms with Gasteiger partial charge in [-0.1, -0.05) is 6.92 Å². The number of rotatable bonds is 2. The molecule has 0 bridgehead atoms. The van der Waals surface area contributed by atoms with E-state index in [1.165, 1.54) is 12.4 Å². The summed E-state index contributed by atoms with van der Waals surface area (Å²) in [5, 5.41) is -0.0922. The molecule has 1 aromatic heterocycles. The van der Waals surface area contributed by atoms with Crippen molar-refractivity contribution in [2.75, 3.05) is 5.75 Å². The van der Waals surface area contributed by atoms with Gasteiger partial charge in [-0.25, -0.2) is 18.4 Å². The third-order valence-electron chi connectivity index (χ3n) is 1.25. The molecule has 0 radical (unpaired) electrons. The van der Waals surface area contributed by atoms with Gasteiger partial charge in [-0.2, -0.15) is 0 Å². The second-order valence-corrected chi connectivity index (χ2v) is 5.50. The Morgan fingerprint density at radius 1 is 1.42 bits per heavy atom. The zero-order chi connectivity index (χ0) is 9.19. The molecule has 0 N–H and O–H groups in total. The molecular formula is C6H7IN2O2S. The van der Waals surface area contributed by atoms with Gasteiger partial charge in [0.1, 0.15) is 0 Å². The molecule has 1 aromatic rings. The Kier molecular flexibility index (Phi) is 2.99. The smallest absolute Gasteiger partial charge is 0.226 e. The summed E-state index contributed by atoms with van der Waals surface area (Å²) in [4.78, 5) is 7.43. The Balaban J connectivity index is 3.14. The van der Waals surface area contributed by atoms with Gasteiger partial charge in [-0.15, -0.1) is 0 Å². The lowest BCUT2D eigenvalue weighted by molar-refractivity contribution is 0.588. The lowest BCUT2D eigenvalue weighted by Crippen LogP contribution is -2.08. The molecule has 0 aliphatic rings. The summed E-state index contributed by atoms with van der Waals surface area (Å²) in [6.07, 6.45) is 2.96. The van der Waals surface area contributed by atoms with Gasteiger partial charge < -0.3 is 0 Å². The van der Waals surface area contributed by atoms with Crippen molar-refractivity contribution >= 4 is 32.4 Å². The first-order valence-electron chi connectivity index (χ1n) is 3.26. The average Bonchev–Trinajstić information content (AvgIpc) is 2.05. The number of hydrogen-bond donors (Lipinski definition) is 0. The minimum Gasteiger partial charge on any atom is -0.226 e. The van der Waals surface area contributed by atoms with Gasteiger partial charge in [0.05, 0.1) is 5.75 Å². The summed E-state index contributed by atoms with van der Waals surface area (Å²) in [5.41, 5.74) is 0. The van der Waals surface area contributed by atoms with E-state index in [0.717, 1.165) is 3.57 Å². The molecule has 0 spiro atoms. The van der Waals surface area contributed by atoms with Crippen LogP contribution in [0.1, 0.15) is 6.92 Å². The van der Waals surface area contributed by atoms with Gasteiger partial charge in [0.2, 0.25) is 15.0 Å². The lowest BCUT2D eigenvalue weighted by Gasteiger charge is -1.97. The van der Waals surface area contributed by atoms with E-state index in [0.29, 0.717) is 0 Å². The molecule has 0 saturated carbocycles. The largest absolute Gasteiger partial charge is 0.247 e. The van der Waals surface area contributed by atoms with Crippen molar-refractivity contribution in [3.05, 3.63) is 16.0 Å². The molecule has 0 amide bonds. The first kappa shape index (κ1) is 9.85. The zero-order valence-electron chi connectivity index (χ0n) is 6.36. The van der Waals surface area contributed by atoms with Gasteiger partial charge in [0.15, 0.2) is 0 Å². The number of nitrogens with zero attached hydrogens (tertiary/aromatic N) is 2. The Labute approximate surface area is 84.5 Å². The van der Waals surface area contributed by atoms with Crippen LogP contribution in [-0.4, -0.2) is 24.1 Å². The SMILES string of the molecule is CCS(=O)(=O)c1ncc(I)cn1. The van der Waals surface area contributed by atoms with Gasteiger partial charge in [0.25, 0.3) is 0 Å². The number of hydrogen-bond acceptors (Lipinski definition) is 4. The van der Waals surface area contributed by atoms with E-state index in [1.54, 1.807) is 6.92 Å². The molecule has 1 heterocycles. The van der Waals surface area contributed by atoms with E-state index in [9.17, 15) is 8.42 Å². The minimum atomic E-state index is -3.24. The van der Waals surface area contributed by atoms with Crippen molar-refractivity contribution < 1.29 is 8.42 Å². The summed E-state index contributed by atoms with van der Waals surface area (Å²) in [5.74, 6) is 0.0353. The third-order valence-corrected chi connectivity index (χ3v) is 3.34. The Bertz CT molecular complexity index is 360. The standard InChI is InChI=1S/C6H7IN2O2S/c1-2-12(10,11)6-8-3-5(7)4-9-6/h3-4H,2H2,1H3. The molecule has 12 heavy (non-hydrogen) atoms. The molecule has 1 rings (SSSR count). The van der Waals surface area contributed by atoms with Gasteiger partial charge in [-0.3, -0.25) is 0 Å². The fraction of sp³-hybridized carbons (Fsp3) is 0.333. The summed E-state index contributed by atoms with van der Waals surface area (Å²) >= 11 is 2.02. The van der Waals surface area contributed by atoms with Crippen LogP contribution in [0.25, 0.3) is 0 Å². The van der Waals surface area contributed by atoms with Crippen LogP contribution < -0.4 is 0 Å². The normalized spacial score (nSPS) is 11.5. The van der Waals surface area contributed by atoms with Crippen molar-refractivity contribution in [3.8, 4) is 0 Å². The average molecular weight is 298 g/mol. The topological polar surface area (TPSA) is 59.9 Å². The highest BCUT2D eigenvalue weighted by molar-refractivity contribution is 14.1. The fourth-order valence-electron chi connectivity index (χ4n) is 0.590. The van der Waals surface area contributed by atoms with Crippen molar-refractivity contribution in [2.45, 2.75) is 12.1 Å². The minimum absolute atomic E-state index is 0.0353. The van der Waals surface area contributed by atoms with Crippen LogP contribution in [0.3, 0.4) is 0 Å². The fourth-order valence-corrected chi connectivity index (χ4v) is 1.55. The van der Waals surface area contributed by atoms with Crippen LogP contribution in [0.2, 0.25) is 0 Å². The highest BCUT2D eigenvalue weighted by Gasteiger charge is 2.13. The number of halogens is 1. The van der Waals surface area contributed by atoms with E-state index in [-0.39, 0.29) is 10.9 Å². The highest BCUT2D eigenvalue weighted by Crippen LogP contribution is 2.05. The highest BCUT2D eigenvalue weighted by atomic mass is 127. The molecule has 4 nitrogen and oxygen atoms in total. The monoisotopic (exact) mass is 298 g/mol. The van der Waals surface area contributed by atoms with E-state index < -0.39 is 9.84 Å². The van der Waals surface area contributed by atoms with Gasteiger partial charge in [0, 0.05) is 16.0 Å². The van der Waals surface area contributed by atoms with Crippen LogP contribution >= 0.6 is 22.6 Å². The molecule has 0 saturated heterocycles. The third kappa shape index (κ3) is 2.13. The maximum absolute atomic E-state index is 11.2. The first-order valence-corrected chi connectivity index (χ1v) is 5.99. The zero-order valence-corrected chi connectivity index (χ0v) is 9.33. The van der Waals surface area contributed by atoms with Crippen LogP contribution in [0.5, 0.6) is 0 Å². The Morgan fingerprint density at radius 3 is 2.33 bits per heavy atom. The van der Waals surface area contributed by atoms with Crippen LogP contribution in [0, 0.1) is 3.57 Å². The summed E-state index contributed by atoms with van der Waals surface area (Å²) in [6, 6.07) is 0. The maximum atomic E-state index is 11.2. The van der Waals surface area contributed by atoms with Crippen LogP contribution in [0.4, 0.5) is 0 Å². The van der Waals surface area contributed by atoms with E-state index >= 15 is 0 Å². The molecular weight excluding hydrogens is 291 g/mol. The van der Waals surface area contributed by atoms with Crippen molar-refractivity contribution in [2.24, 2.45) is 0 Å². The quantitative estimate of drug-likeness (QED) is 0.600. The van der Waals surface area contributed by atoms with E-state index in [2.05, 4.69) is 9.97 Å². The number of sulfone groups is 1. The molecule has 0 atom stereocenters. The predicted octanol–water partition coefficient (Wildman–Crippen LogP) is 0.875. The Morgan fingerprint density at radius 2 is 1.92 bits per heavy atom. The predicted molar refractivity (Wildman–Crippen MR) is 52.5 cm³/mol. The molecule has 0 aliphatic carbocycles. The molecule has 6 heteroatoms. The van der Waals surface area contributed by atoms with Crippen molar-refractivity contribution in [1.82, 2.24) is 9.97 Å². The molecule has 0 aromatic carbocycles. The van der Waals surface area contributed by atoms with E-state index in [4.69, 9.17) is 0 Å². The van der Waals surface area contributed by atoms with Crippen LogP contribution in [0.15, 0.2) is 17.6 Å². The lowest BCUT2D eigenvalue weighted by atomic mass is 10.7. The second-order valence-electron chi connectivity index (χ2n) is 2.09. The first-order chi connectivity index (χ1) is 5.56. The summed E-state index contributed by atoms with van der Waals surface area (Å²) in [7, 11) is -3.24. The maximum Gasteiger partial charge on any atom is 0.247 e. The number of aromatic nitrogens is 2. The summed E-state index contributed by atoms with van der Waals surface area (Å²) < 4.78 is 23.2. The molecule has 0 aliphatic heterocycles. The van der Waals surface area contributed by atoms with Crippen LogP contribution in [-0.2, 0) is 9.84 Å². The summed E-state index contributed by atoms with van der Waals surface area (Å²) in [6.45, 7) is 1.57. The Hall–Kier alpha value is -0.240. The molecule has 0 fully saturated rings. The van der Waals surface area contributed by atoms with Gasteiger partial charge >= 0.3 is 0 Å². The van der Waals surface area contributed by atoms with Gasteiger partial charge in [-0.05, 0) is 22.6 Å². The second kappa shape index (κ2) is 3.65. The molecule has 0 unspecified atom stereocenters. The van der Waals surface area contributed by atoms with Crippen molar-refractivity contribution in [3.63, 3.8) is 0 Å². The van der Waals surface area contributed by atoms with E-state index in [1.807, 2.05) is 22.6 Å². The van der Waals surface area contributed by atoms with Crippen molar-refractivity contribution in [1.29, 1.82) is 0 Å².